The molecule has 1 fully saturated rings. The zero-order valence-electron chi connectivity index (χ0n) is 14.6. The minimum Gasteiger partial charge on any atom is -0.336 e. The molecule has 1 aliphatic heterocycles. The SMILES string of the molecule is CC(C)N1CCN(C(=O)c2ccc(S(=O)(=O)NCCC#N)cc2)CC1. The molecule has 0 radical (unpaired) electrons. The van der Waals surface area contributed by atoms with Gasteiger partial charge in [0.2, 0.25) is 10.0 Å². The highest BCUT2D eigenvalue weighted by molar-refractivity contribution is 7.89. The van der Waals surface area contributed by atoms with Gasteiger partial charge in [0.1, 0.15) is 0 Å². The van der Waals surface area contributed by atoms with Crippen LogP contribution in [0.1, 0.15) is 30.6 Å². The first-order valence-electron chi connectivity index (χ1n) is 8.35. The van der Waals surface area contributed by atoms with E-state index in [9.17, 15) is 13.2 Å². The molecule has 1 saturated heterocycles. The summed E-state index contributed by atoms with van der Waals surface area (Å²) in [5.41, 5.74) is 0.481. The number of nitrogens with one attached hydrogen (secondary N) is 1. The van der Waals surface area contributed by atoms with E-state index in [1.54, 1.807) is 4.90 Å². The van der Waals surface area contributed by atoms with Crippen molar-refractivity contribution in [2.75, 3.05) is 32.7 Å². The molecule has 0 saturated carbocycles. The molecule has 1 aromatic rings. The second-order valence-corrected chi connectivity index (χ2v) is 8.02. The van der Waals surface area contributed by atoms with Crippen LogP contribution in [0, 0.1) is 11.3 Å². The van der Waals surface area contributed by atoms with Crippen molar-refractivity contribution in [1.29, 1.82) is 5.26 Å². The lowest BCUT2D eigenvalue weighted by atomic mass is 10.1. The predicted molar refractivity (Wildman–Crippen MR) is 94.5 cm³/mol. The van der Waals surface area contributed by atoms with Crippen molar-refractivity contribution in [2.45, 2.75) is 31.2 Å². The van der Waals surface area contributed by atoms with Gasteiger partial charge in [0.15, 0.2) is 0 Å². The smallest absolute Gasteiger partial charge is 0.253 e. The first-order valence-corrected chi connectivity index (χ1v) is 9.83. The van der Waals surface area contributed by atoms with E-state index in [4.69, 9.17) is 5.26 Å². The normalized spacial score (nSPS) is 16.0. The van der Waals surface area contributed by atoms with Crippen LogP contribution in [0.5, 0.6) is 0 Å². The molecule has 1 amide bonds. The molecule has 1 heterocycles. The fourth-order valence-electron chi connectivity index (χ4n) is 2.73. The number of carbonyl (C=O) groups excluding carboxylic acids is 1. The fraction of sp³-hybridized carbons (Fsp3) is 0.529. The van der Waals surface area contributed by atoms with Crippen molar-refractivity contribution in [1.82, 2.24) is 14.5 Å². The van der Waals surface area contributed by atoms with Gasteiger partial charge in [0, 0.05) is 50.7 Å². The Morgan fingerprint density at radius 2 is 1.80 bits per heavy atom. The number of nitriles is 1. The molecular formula is C17H24N4O3S. The van der Waals surface area contributed by atoms with E-state index in [-0.39, 0.29) is 23.8 Å². The van der Waals surface area contributed by atoms with Gasteiger partial charge in [-0.3, -0.25) is 9.69 Å². The molecule has 136 valence electrons. The van der Waals surface area contributed by atoms with Crippen LogP contribution in [0.4, 0.5) is 0 Å². The van der Waals surface area contributed by atoms with Gasteiger partial charge in [-0.15, -0.1) is 0 Å². The first kappa shape index (κ1) is 19.4. The Morgan fingerprint density at radius 1 is 1.20 bits per heavy atom. The maximum atomic E-state index is 12.6. The number of carbonyl (C=O) groups is 1. The van der Waals surface area contributed by atoms with Crippen LogP contribution in [0.2, 0.25) is 0 Å². The summed E-state index contributed by atoms with van der Waals surface area (Å²) in [5.74, 6) is -0.0789. The van der Waals surface area contributed by atoms with Crippen molar-refractivity contribution in [3.63, 3.8) is 0 Å². The zero-order chi connectivity index (χ0) is 18.4. The third kappa shape index (κ3) is 5.01. The minimum atomic E-state index is -3.65. The molecule has 7 nitrogen and oxygen atoms in total. The van der Waals surface area contributed by atoms with Crippen LogP contribution in [0.3, 0.4) is 0 Å². The number of nitrogens with zero attached hydrogens (tertiary/aromatic N) is 3. The van der Waals surface area contributed by atoms with Gasteiger partial charge >= 0.3 is 0 Å². The van der Waals surface area contributed by atoms with Crippen molar-refractivity contribution < 1.29 is 13.2 Å². The molecule has 8 heteroatoms. The molecule has 0 atom stereocenters. The zero-order valence-corrected chi connectivity index (χ0v) is 15.4. The monoisotopic (exact) mass is 364 g/mol. The van der Waals surface area contributed by atoms with Crippen LogP contribution < -0.4 is 4.72 Å². The van der Waals surface area contributed by atoms with Crippen LogP contribution in [-0.2, 0) is 10.0 Å². The quantitative estimate of drug-likeness (QED) is 0.762. The third-order valence-corrected chi connectivity index (χ3v) is 5.75. The summed E-state index contributed by atoms with van der Waals surface area (Å²) in [6, 6.07) is 8.27. The van der Waals surface area contributed by atoms with Crippen molar-refractivity contribution in [2.24, 2.45) is 0 Å². The molecule has 1 N–H and O–H groups in total. The number of sulfonamides is 1. The van der Waals surface area contributed by atoms with Gasteiger partial charge in [0.25, 0.3) is 5.91 Å². The third-order valence-electron chi connectivity index (χ3n) is 4.27. The molecule has 0 bridgehead atoms. The van der Waals surface area contributed by atoms with Crippen LogP contribution in [0.25, 0.3) is 0 Å². The number of amides is 1. The number of piperazine rings is 1. The van der Waals surface area contributed by atoms with Gasteiger partial charge in [-0.25, -0.2) is 13.1 Å². The van der Waals surface area contributed by atoms with Gasteiger partial charge in [-0.05, 0) is 38.1 Å². The molecule has 0 aromatic heterocycles. The topological polar surface area (TPSA) is 93.5 Å². The van der Waals surface area contributed by atoms with E-state index >= 15 is 0 Å². The van der Waals surface area contributed by atoms with Crippen molar-refractivity contribution in [3.05, 3.63) is 29.8 Å². The van der Waals surface area contributed by atoms with E-state index in [0.717, 1.165) is 13.1 Å². The van der Waals surface area contributed by atoms with Crippen LogP contribution >= 0.6 is 0 Å². The minimum absolute atomic E-state index is 0.0691. The van der Waals surface area contributed by atoms with Crippen LogP contribution in [-0.4, -0.2) is 62.9 Å². The average molecular weight is 364 g/mol. The molecule has 0 spiro atoms. The van der Waals surface area contributed by atoms with E-state index < -0.39 is 10.0 Å². The number of hydrogen-bond donors (Lipinski definition) is 1. The second-order valence-electron chi connectivity index (χ2n) is 6.25. The summed E-state index contributed by atoms with van der Waals surface area (Å²) in [6.07, 6.45) is 0.109. The number of benzene rings is 1. The average Bonchev–Trinajstić information content (AvgIpc) is 2.61. The van der Waals surface area contributed by atoms with E-state index in [0.29, 0.717) is 24.7 Å². The van der Waals surface area contributed by atoms with Gasteiger partial charge in [-0.1, -0.05) is 0 Å². The van der Waals surface area contributed by atoms with Gasteiger partial charge in [0.05, 0.1) is 11.0 Å². The lowest BCUT2D eigenvalue weighted by Gasteiger charge is -2.37. The van der Waals surface area contributed by atoms with E-state index in [2.05, 4.69) is 23.5 Å². The summed E-state index contributed by atoms with van der Waals surface area (Å²) in [7, 11) is -3.65. The van der Waals surface area contributed by atoms with Crippen molar-refractivity contribution in [3.8, 4) is 6.07 Å². The van der Waals surface area contributed by atoms with Crippen molar-refractivity contribution >= 4 is 15.9 Å². The highest BCUT2D eigenvalue weighted by Crippen LogP contribution is 2.14. The number of hydrogen-bond acceptors (Lipinski definition) is 5. The number of rotatable bonds is 6. The fourth-order valence-corrected chi connectivity index (χ4v) is 3.76. The van der Waals surface area contributed by atoms with E-state index in [1.165, 1.54) is 24.3 Å². The Hall–Kier alpha value is -1.95. The summed E-state index contributed by atoms with van der Waals surface area (Å²) >= 11 is 0. The molecule has 1 aromatic carbocycles. The summed E-state index contributed by atoms with van der Waals surface area (Å²) in [4.78, 5) is 16.8. The molecule has 2 rings (SSSR count). The molecule has 0 unspecified atom stereocenters. The largest absolute Gasteiger partial charge is 0.336 e. The summed E-state index contributed by atoms with van der Waals surface area (Å²) in [5, 5.41) is 8.47. The van der Waals surface area contributed by atoms with Gasteiger partial charge in [-0.2, -0.15) is 5.26 Å². The lowest BCUT2D eigenvalue weighted by molar-refractivity contribution is 0.0595. The first-order chi connectivity index (χ1) is 11.8. The maximum Gasteiger partial charge on any atom is 0.253 e. The Bertz CT molecular complexity index is 730. The molecule has 0 aliphatic carbocycles. The summed E-state index contributed by atoms with van der Waals surface area (Å²) in [6.45, 7) is 7.39. The molecule has 25 heavy (non-hydrogen) atoms. The summed E-state index contributed by atoms with van der Waals surface area (Å²) < 4.78 is 26.5. The highest BCUT2D eigenvalue weighted by Gasteiger charge is 2.23. The standard InChI is InChI=1S/C17H24N4O3S/c1-14(2)20-10-12-21(13-11-20)17(22)15-4-6-16(7-5-15)25(23,24)19-9-3-8-18/h4-7,14,19H,3,9-13H2,1-2H3. The second kappa shape index (κ2) is 8.43. The van der Waals surface area contributed by atoms with Gasteiger partial charge < -0.3 is 4.90 Å². The lowest BCUT2D eigenvalue weighted by Crippen LogP contribution is -2.50. The Balaban J connectivity index is 2.00. The molecule has 1 aliphatic rings. The Labute approximate surface area is 149 Å². The Kier molecular flexibility index (Phi) is 6.53. The van der Waals surface area contributed by atoms with Crippen LogP contribution in [0.15, 0.2) is 29.2 Å². The maximum absolute atomic E-state index is 12.6. The Morgan fingerprint density at radius 3 is 2.32 bits per heavy atom. The predicted octanol–water partition coefficient (Wildman–Crippen LogP) is 1.04. The van der Waals surface area contributed by atoms with E-state index in [1.807, 2.05) is 6.07 Å². The highest BCUT2D eigenvalue weighted by atomic mass is 32.2. The molecular weight excluding hydrogens is 340 g/mol.